The summed E-state index contributed by atoms with van der Waals surface area (Å²) in [6.45, 7) is 6.79. The van der Waals surface area contributed by atoms with Gasteiger partial charge in [-0.15, -0.1) is 0 Å². The minimum Gasteiger partial charge on any atom is -0.460 e. The first-order chi connectivity index (χ1) is 6.82. The minimum atomic E-state index is -0.717. The normalized spacial score (nSPS) is 11.7. The van der Waals surface area contributed by atoms with E-state index < -0.39 is 11.9 Å². The van der Waals surface area contributed by atoms with E-state index in [4.69, 9.17) is 15.2 Å². The van der Waals surface area contributed by atoms with E-state index in [-0.39, 0.29) is 17.9 Å². The first-order valence-electron chi connectivity index (χ1n) is 4.71. The maximum Gasteiger partial charge on any atom is 0.354 e. The van der Waals surface area contributed by atoms with E-state index in [9.17, 15) is 9.59 Å². The van der Waals surface area contributed by atoms with Crippen LogP contribution in [0.15, 0.2) is 11.8 Å². The van der Waals surface area contributed by atoms with Gasteiger partial charge in [-0.1, -0.05) is 0 Å². The molecule has 0 fully saturated rings. The highest BCUT2D eigenvalue weighted by Crippen LogP contribution is 1.97. The lowest BCUT2D eigenvalue weighted by Gasteiger charge is -2.08. The molecular weight excluding hydrogens is 198 g/mol. The highest BCUT2D eigenvalue weighted by atomic mass is 16.5. The molecule has 86 valence electrons. The fourth-order valence-electron chi connectivity index (χ4n) is 0.734. The van der Waals surface area contributed by atoms with Gasteiger partial charge in [0.05, 0.1) is 18.3 Å². The predicted molar refractivity (Wildman–Crippen MR) is 54.7 cm³/mol. The highest BCUT2D eigenvalue weighted by molar-refractivity contribution is 5.95. The number of rotatable bonds is 4. The standard InChI is InChI=1S/C10H17NO4/c1-6(2)14-9(12)5-8(11)10(13)15-7(3)4/h5-7H,11H2,1-4H3/b8-5+. The molecule has 0 aromatic carbocycles. The summed E-state index contributed by atoms with van der Waals surface area (Å²) in [5, 5.41) is 0. The van der Waals surface area contributed by atoms with Crippen molar-refractivity contribution in [3.05, 3.63) is 11.8 Å². The van der Waals surface area contributed by atoms with Crippen molar-refractivity contribution in [2.45, 2.75) is 39.9 Å². The lowest BCUT2D eigenvalue weighted by molar-refractivity contribution is -0.145. The number of nitrogens with two attached hydrogens (primary N) is 1. The van der Waals surface area contributed by atoms with E-state index in [1.165, 1.54) is 0 Å². The smallest absolute Gasteiger partial charge is 0.354 e. The van der Waals surface area contributed by atoms with Gasteiger partial charge in [-0.05, 0) is 27.7 Å². The Morgan fingerprint density at radius 2 is 1.53 bits per heavy atom. The highest BCUT2D eigenvalue weighted by Gasteiger charge is 2.11. The molecule has 0 unspecified atom stereocenters. The number of hydrogen-bond acceptors (Lipinski definition) is 5. The molecule has 0 bridgehead atoms. The second-order valence-corrected chi connectivity index (χ2v) is 3.54. The Kier molecular flexibility index (Phi) is 5.44. The largest absolute Gasteiger partial charge is 0.460 e. The second-order valence-electron chi connectivity index (χ2n) is 3.54. The number of ether oxygens (including phenoxy) is 2. The second kappa shape index (κ2) is 6.06. The first-order valence-corrected chi connectivity index (χ1v) is 4.71. The molecule has 0 rings (SSSR count). The molecule has 0 amide bonds. The van der Waals surface area contributed by atoms with Crippen LogP contribution in [0.5, 0.6) is 0 Å². The third-order valence-electron chi connectivity index (χ3n) is 1.20. The van der Waals surface area contributed by atoms with Crippen LogP contribution in [0.2, 0.25) is 0 Å². The molecule has 0 saturated carbocycles. The van der Waals surface area contributed by atoms with Gasteiger partial charge < -0.3 is 15.2 Å². The van der Waals surface area contributed by atoms with E-state index in [0.717, 1.165) is 6.08 Å². The lowest BCUT2D eigenvalue weighted by atomic mass is 10.4. The van der Waals surface area contributed by atoms with Crippen molar-refractivity contribution in [3.63, 3.8) is 0 Å². The van der Waals surface area contributed by atoms with E-state index in [1.807, 2.05) is 0 Å². The Hall–Kier alpha value is -1.52. The third-order valence-corrected chi connectivity index (χ3v) is 1.20. The van der Waals surface area contributed by atoms with Gasteiger partial charge in [0.1, 0.15) is 5.70 Å². The lowest BCUT2D eigenvalue weighted by Crippen LogP contribution is -2.20. The first kappa shape index (κ1) is 13.5. The van der Waals surface area contributed by atoms with E-state index in [1.54, 1.807) is 27.7 Å². The summed E-state index contributed by atoms with van der Waals surface area (Å²) in [5.41, 5.74) is 5.07. The van der Waals surface area contributed by atoms with E-state index >= 15 is 0 Å². The fourth-order valence-corrected chi connectivity index (χ4v) is 0.734. The Morgan fingerprint density at radius 3 is 1.93 bits per heavy atom. The Labute approximate surface area is 89.2 Å². The summed E-state index contributed by atoms with van der Waals surface area (Å²) in [7, 11) is 0. The van der Waals surface area contributed by atoms with Crippen molar-refractivity contribution >= 4 is 11.9 Å². The van der Waals surface area contributed by atoms with Crippen molar-refractivity contribution in [2.24, 2.45) is 5.73 Å². The zero-order chi connectivity index (χ0) is 12.0. The van der Waals surface area contributed by atoms with Crippen LogP contribution >= 0.6 is 0 Å². The monoisotopic (exact) mass is 215 g/mol. The van der Waals surface area contributed by atoms with Crippen LogP contribution in [0.25, 0.3) is 0 Å². The Balaban J connectivity index is 4.29. The maximum atomic E-state index is 11.2. The Bertz CT molecular complexity index is 269. The SMILES string of the molecule is CC(C)OC(=O)/C=C(/N)C(=O)OC(C)C. The van der Waals surface area contributed by atoms with Crippen molar-refractivity contribution in [2.75, 3.05) is 0 Å². The zero-order valence-corrected chi connectivity index (χ0v) is 9.44. The van der Waals surface area contributed by atoms with Crippen LogP contribution in [0, 0.1) is 0 Å². The van der Waals surface area contributed by atoms with Crippen LogP contribution in [0.3, 0.4) is 0 Å². The quantitative estimate of drug-likeness (QED) is 0.552. The Morgan fingerprint density at radius 1 is 1.07 bits per heavy atom. The zero-order valence-electron chi connectivity index (χ0n) is 9.44. The molecule has 0 aliphatic heterocycles. The van der Waals surface area contributed by atoms with Crippen molar-refractivity contribution < 1.29 is 19.1 Å². The number of carbonyl (C=O) groups excluding carboxylic acids is 2. The molecule has 0 aliphatic rings. The van der Waals surface area contributed by atoms with Gasteiger partial charge >= 0.3 is 11.9 Å². The molecule has 0 aliphatic carbocycles. The van der Waals surface area contributed by atoms with Crippen LogP contribution in [0.4, 0.5) is 0 Å². The van der Waals surface area contributed by atoms with Gasteiger partial charge in [-0.25, -0.2) is 9.59 Å². The average Bonchev–Trinajstić information content (AvgIpc) is 2.00. The molecule has 15 heavy (non-hydrogen) atoms. The summed E-state index contributed by atoms with van der Waals surface area (Å²) in [4.78, 5) is 22.2. The molecule has 5 nitrogen and oxygen atoms in total. The molecule has 0 aromatic rings. The molecule has 0 atom stereocenters. The van der Waals surface area contributed by atoms with Gasteiger partial charge in [0, 0.05) is 0 Å². The van der Waals surface area contributed by atoms with Crippen molar-refractivity contribution in [1.29, 1.82) is 0 Å². The van der Waals surface area contributed by atoms with Gasteiger partial charge in [0.2, 0.25) is 0 Å². The molecule has 0 radical (unpaired) electrons. The molecule has 0 saturated heterocycles. The van der Waals surface area contributed by atoms with Crippen LogP contribution < -0.4 is 5.73 Å². The van der Waals surface area contributed by atoms with Gasteiger partial charge in [-0.3, -0.25) is 0 Å². The molecule has 2 N–H and O–H groups in total. The van der Waals surface area contributed by atoms with Crippen molar-refractivity contribution in [3.8, 4) is 0 Å². The van der Waals surface area contributed by atoms with Crippen LogP contribution in [0.1, 0.15) is 27.7 Å². The summed E-state index contributed by atoms with van der Waals surface area (Å²) >= 11 is 0. The third kappa shape index (κ3) is 6.54. The van der Waals surface area contributed by atoms with E-state index in [2.05, 4.69) is 0 Å². The molecule has 5 heteroatoms. The van der Waals surface area contributed by atoms with Crippen LogP contribution in [-0.2, 0) is 19.1 Å². The van der Waals surface area contributed by atoms with E-state index in [0.29, 0.717) is 0 Å². The fraction of sp³-hybridized carbons (Fsp3) is 0.600. The minimum absolute atomic E-state index is 0.248. The molecule has 0 aromatic heterocycles. The van der Waals surface area contributed by atoms with Gasteiger partial charge in [0.15, 0.2) is 0 Å². The number of carbonyl (C=O) groups is 2. The predicted octanol–water partition coefficient (Wildman–Crippen LogP) is 0.732. The number of hydrogen-bond donors (Lipinski definition) is 1. The number of esters is 2. The van der Waals surface area contributed by atoms with Gasteiger partial charge in [-0.2, -0.15) is 0 Å². The average molecular weight is 215 g/mol. The summed E-state index contributed by atoms with van der Waals surface area (Å²) in [5.74, 6) is -1.37. The van der Waals surface area contributed by atoms with Crippen LogP contribution in [-0.4, -0.2) is 24.1 Å². The molecule has 0 spiro atoms. The summed E-state index contributed by atoms with van der Waals surface area (Å²) < 4.78 is 9.55. The topological polar surface area (TPSA) is 78.6 Å². The molecular formula is C10H17NO4. The summed E-state index contributed by atoms with van der Waals surface area (Å²) in [6, 6.07) is 0. The summed E-state index contributed by atoms with van der Waals surface area (Å²) in [6.07, 6.45) is 0.401. The molecule has 0 heterocycles. The maximum absolute atomic E-state index is 11.2. The van der Waals surface area contributed by atoms with Gasteiger partial charge in [0.25, 0.3) is 0 Å². The van der Waals surface area contributed by atoms with Crippen molar-refractivity contribution in [1.82, 2.24) is 0 Å².